The van der Waals surface area contributed by atoms with Gasteiger partial charge in [0.15, 0.2) is 0 Å². The second kappa shape index (κ2) is 7.98. The van der Waals surface area contributed by atoms with Crippen LogP contribution in [0.4, 0.5) is 18.9 Å². The number of H-pyrrole nitrogens is 1. The van der Waals surface area contributed by atoms with Gasteiger partial charge in [-0.1, -0.05) is 11.6 Å². The lowest BCUT2D eigenvalue weighted by Crippen LogP contribution is -2.46. The van der Waals surface area contributed by atoms with Gasteiger partial charge in [-0.15, -0.1) is 0 Å². The van der Waals surface area contributed by atoms with E-state index in [0.29, 0.717) is 23.5 Å². The molecule has 1 aliphatic carbocycles. The van der Waals surface area contributed by atoms with Crippen LogP contribution in [0.2, 0.25) is 5.02 Å². The topological polar surface area (TPSA) is 70.1 Å². The van der Waals surface area contributed by atoms with Crippen LogP contribution < -0.4 is 10.5 Å². The van der Waals surface area contributed by atoms with E-state index in [9.17, 15) is 18.0 Å². The Kier molecular flexibility index (Phi) is 5.56. The number of aromatic nitrogens is 4. The largest absolute Gasteiger partial charge is 0.408 e. The van der Waals surface area contributed by atoms with Crippen LogP contribution in [0.5, 0.6) is 0 Å². The monoisotopic (exact) mass is 430 g/mol. The highest BCUT2D eigenvalue weighted by Gasteiger charge is 2.30. The summed E-state index contributed by atoms with van der Waals surface area (Å²) in [7, 11) is 0. The molecule has 3 heterocycles. The highest BCUT2D eigenvalue weighted by atomic mass is 35.5. The number of aryl methyl sites for hydroxylation is 1. The number of fused-ring (bicyclic) bond motifs is 1. The Morgan fingerprint density at radius 1 is 1.14 bits per heavy atom. The summed E-state index contributed by atoms with van der Waals surface area (Å²) in [6.45, 7) is 2.01. The van der Waals surface area contributed by atoms with E-state index in [4.69, 9.17) is 11.6 Å². The van der Waals surface area contributed by atoms with Gasteiger partial charge in [-0.3, -0.25) is 14.8 Å². The quantitative estimate of drug-likeness (QED) is 0.806. The summed E-state index contributed by atoms with van der Waals surface area (Å²) in [5, 5.41) is 11.1. The van der Waals surface area contributed by atoms with E-state index in [1.807, 2.05) is 4.90 Å². The Morgan fingerprint density at radius 2 is 1.86 bits per heavy atom. The molecule has 1 N–H and O–H groups in total. The summed E-state index contributed by atoms with van der Waals surface area (Å²) in [6.07, 6.45) is 1.23. The maximum atomic E-state index is 12.5. The molecule has 0 bridgehead atoms. The van der Waals surface area contributed by atoms with Gasteiger partial charge in [-0.05, 0) is 31.2 Å². The predicted octanol–water partition coefficient (Wildman–Crippen LogP) is 2.38. The van der Waals surface area contributed by atoms with Crippen molar-refractivity contribution in [2.24, 2.45) is 0 Å². The van der Waals surface area contributed by atoms with Gasteiger partial charge in [0.05, 0.1) is 17.6 Å². The zero-order chi connectivity index (χ0) is 20.6. The molecule has 11 heteroatoms. The smallest absolute Gasteiger partial charge is 0.366 e. The van der Waals surface area contributed by atoms with Crippen LogP contribution in [0.3, 0.4) is 0 Å². The minimum absolute atomic E-state index is 0.223. The van der Waals surface area contributed by atoms with Crippen LogP contribution in [0, 0.1) is 0 Å². The summed E-state index contributed by atoms with van der Waals surface area (Å²) in [4.78, 5) is 16.3. The Balaban J connectivity index is 1.40. The van der Waals surface area contributed by atoms with Crippen LogP contribution in [0.1, 0.15) is 29.8 Å². The molecule has 0 amide bonds. The third-order valence-electron chi connectivity index (χ3n) is 5.52. The number of halogens is 4. The molecule has 7 nitrogen and oxygen atoms in total. The fourth-order valence-corrected chi connectivity index (χ4v) is 4.26. The first kappa shape index (κ1) is 20.2. The van der Waals surface area contributed by atoms with E-state index in [-0.39, 0.29) is 5.02 Å². The Morgan fingerprint density at radius 3 is 2.59 bits per heavy atom. The van der Waals surface area contributed by atoms with Crippen LogP contribution in [-0.2, 0) is 25.9 Å². The van der Waals surface area contributed by atoms with Crippen molar-refractivity contribution >= 4 is 17.3 Å². The maximum absolute atomic E-state index is 12.5. The molecule has 2 aromatic rings. The lowest BCUT2D eigenvalue weighted by molar-refractivity contribution is -0.143. The standard InChI is InChI=1S/C18H22ClF3N6O/c19-16-15(9-23-28(17(16)29)11-18(20,21)22)27-7-5-26(6-8-27)10-14-12-3-1-2-4-13(12)24-25-14/h9H,1-8,10-11H2,(H,24,25). The number of hydrogen-bond acceptors (Lipinski definition) is 5. The predicted molar refractivity (Wildman–Crippen MR) is 102 cm³/mol. The van der Waals surface area contributed by atoms with Gasteiger partial charge in [-0.25, -0.2) is 4.68 Å². The van der Waals surface area contributed by atoms with Crippen molar-refractivity contribution in [3.8, 4) is 0 Å². The summed E-state index contributed by atoms with van der Waals surface area (Å²) in [6, 6.07) is 0. The molecule has 0 unspecified atom stereocenters. The normalized spacial score (nSPS) is 18.1. The molecular formula is C18H22ClF3N6O. The number of piperazine rings is 1. The molecule has 0 saturated carbocycles. The van der Waals surface area contributed by atoms with Crippen molar-refractivity contribution in [3.63, 3.8) is 0 Å². The van der Waals surface area contributed by atoms with Crippen molar-refractivity contribution < 1.29 is 13.2 Å². The van der Waals surface area contributed by atoms with Gasteiger partial charge in [-0.2, -0.15) is 23.4 Å². The fourth-order valence-electron chi connectivity index (χ4n) is 4.00. The third-order valence-corrected chi connectivity index (χ3v) is 5.88. The van der Waals surface area contributed by atoms with E-state index < -0.39 is 18.3 Å². The first-order chi connectivity index (χ1) is 13.8. The summed E-state index contributed by atoms with van der Waals surface area (Å²) in [5.74, 6) is 0. The van der Waals surface area contributed by atoms with Gasteiger partial charge >= 0.3 is 6.18 Å². The summed E-state index contributed by atoms with van der Waals surface area (Å²) in [5.41, 5.74) is 3.16. The Bertz CT molecular complexity index is 933. The van der Waals surface area contributed by atoms with E-state index in [1.54, 1.807) is 0 Å². The van der Waals surface area contributed by atoms with Gasteiger partial charge < -0.3 is 4.90 Å². The zero-order valence-electron chi connectivity index (χ0n) is 15.8. The van der Waals surface area contributed by atoms with Gasteiger partial charge in [0, 0.05) is 38.4 Å². The highest BCUT2D eigenvalue weighted by Crippen LogP contribution is 2.26. The number of hydrogen-bond donors (Lipinski definition) is 1. The molecule has 29 heavy (non-hydrogen) atoms. The molecule has 158 valence electrons. The molecule has 1 fully saturated rings. The average molecular weight is 431 g/mol. The van der Waals surface area contributed by atoms with Crippen molar-refractivity contribution in [2.45, 2.75) is 44.9 Å². The van der Waals surface area contributed by atoms with Gasteiger partial charge in [0.25, 0.3) is 5.56 Å². The molecule has 4 rings (SSSR count). The first-order valence-electron chi connectivity index (χ1n) is 9.66. The second-order valence-electron chi connectivity index (χ2n) is 7.52. The Labute approximate surface area is 170 Å². The number of nitrogens with zero attached hydrogens (tertiary/aromatic N) is 5. The van der Waals surface area contributed by atoms with Crippen LogP contribution >= 0.6 is 11.6 Å². The highest BCUT2D eigenvalue weighted by molar-refractivity contribution is 6.33. The van der Waals surface area contributed by atoms with E-state index in [1.165, 1.54) is 30.3 Å². The van der Waals surface area contributed by atoms with Crippen LogP contribution in [0.25, 0.3) is 0 Å². The minimum Gasteiger partial charge on any atom is -0.366 e. The SMILES string of the molecule is O=c1c(Cl)c(N2CCN(Cc3n[nH]c4c3CCCC4)CC2)cnn1CC(F)(F)F. The number of nitrogens with one attached hydrogen (secondary N) is 1. The fraction of sp³-hybridized carbons (Fsp3) is 0.611. The molecular weight excluding hydrogens is 409 g/mol. The van der Waals surface area contributed by atoms with E-state index in [0.717, 1.165) is 38.2 Å². The molecule has 1 saturated heterocycles. The van der Waals surface area contributed by atoms with E-state index >= 15 is 0 Å². The number of alkyl halides is 3. The molecule has 0 atom stereocenters. The van der Waals surface area contributed by atoms with Gasteiger partial charge in [0.1, 0.15) is 11.6 Å². The molecule has 0 aromatic carbocycles. The zero-order valence-corrected chi connectivity index (χ0v) is 16.6. The minimum atomic E-state index is -4.53. The van der Waals surface area contributed by atoms with Crippen molar-refractivity contribution in [3.05, 3.63) is 38.5 Å². The van der Waals surface area contributed by atoms with Crippen LogP contribution in [-0.4, -0.2) is 57.2 Å². The number of aromatic amines is 1. The summed E-state index contributed by atoms with van der Waals surface area (Å²) < 4.78 is 38.0. The van der Waals surface area contributed by atoms with Gasteiger partial charge in [0.2, 0.25) is 0 Å². The molecule has 2 aromatic heterocycles. The molecule has 1 aliphatic heterocycles. The molecule has 0 spiro atoms. The average Bonchev–Trinajstić information content (AvgIpc) is 3.09. The first-order valence-corrected chi connectivity index (χ1v) is 10.0. The number of rotatable bonds is 4. The molecule has 2 aliphatic rings. The van der Waals surface area contributed by atoms with E-state index in [2.05, 4.69) is 20.2 Å². The molecule has 0 radical (unpaired) electrons. The van der Waals surface area contributed by atoms with Crippen LogP contribution in [0.15, 0.2) is 11.0 Å². The second-order valence-corrected chi connectivity index (χ2v) is 7.90. The lowest BCUT2D eigenvalue weighted by atomic mass is 9.96. The maximum Gasteiger partial charge on any atom is 0.408 e. The lowest BCUT2D eigenvalue weighted by Gasteiger charge is -2.36. The van der Waals surface area contributed by atoms with Crippen molar-refractivity contribution in [1.29, 1.82) is 0 Å². The summed E-state index contributed by atoms with van der Waals surface area (Å²) >= 11 is 6.08. The third kappa shape index (κ3) is 4.42. The van der Waals surface area contributed by atoms with Crippen molar-refractivity contribution in [2.75, 3.05) is 31.1 Å². The van der Waals surface area contributed by atoms with Crippen molar-refractivity contribution in [1.82, 2.24) is 24.9 Å². The number of anilines is 1. The Hall–Kier alpha value is -2.07.